The maximum absolute atomic E-state index is 13.5. The number of anilines is 1. The maximum atomic E-state index is 13.5. The fraction of sp³-hybridized carbons (Fsp3) is 0.458. The lowest BCUT2D eigenvalue weighted by molar-refractivity contribution is -0.119. The predicted octanol–water partition coefficient (Wildman–Crippen LogP) is 2.89. The number of hydrogen-bond donors (Lipinski definition) is 1. The van der Waals surface area contributed by atoms with Crippen molar-refractivity contribution < 1.29 is 22.7 Å². The van der Waals surface area contributed by atoms with Gasteiger partial charge in [-0.1, -0.05) is 24.6 Å². The lowest BCUT2D eigenvalue weighted by Crippen LogP contribution is -2.41. The Labute approximate surface area is 196 Å². The van der Waals surface area contributed by atoms with Crippen LogP contribution in [0.25, 0.3) is 0 Å². The van der Waals surface area contributed by atoms with Crippen molar-refractivity contribution >= 4 is 21.6 Å². The number of ether oxygens (including phenoxy) is 2. The van der Waals surface area contributed by atoms with Crippen LogP contribution in [0.2, 0.25) is 0 Å². The second-order valence-corrected chi connectivity index (χ2v) is 9.83. The number of amides is 1. The van der Waals surface area contributed by atoms with E-state index in [-0.39, 0.29) is 17.3 Å². The first-order valence-electron chi connectivity index (χ1n) is 11.2. The summed E-state index contributed by atoms with van der Waals surface area (Å²) in [6, 6.07) is 13.0. The summed E-state index contributed by atoms with van der Waals surface area (Å²) in [6.07, 6.45) is 4.58. The standard InChI is InChI=1S/C24H33N3O5S/c1-31-22-13-12-21(18-23(22)32-2)33(29,30)27(20-10-5-3-6-11-20)19-24(28)25-14-9-17-26-15-7-4-8-16-26/h3,5-6,10-13,18H,4,7-9,14-17,19H2,1-2H3,(H,25,28). The lowest BCUT2D eigenvalue weighted by atomic mass is 10.1. The van der Waals surface area contributed by atoms with Crippen molar-refractivity contribution in [2.24, 2.45) is 0 Å². The Bertz CT molecular complexity index is 1010. The van der Waals surface area contributed by atoms with E-state index >= 15 is 0 Å². The zero-order chi connectivity index (χ0) is 23.7. The molecular weight excluding hydrogens is 442 g/mol. The van der Waals surface area contributed by atoms with E-state index in [9.17, 15) is 13.2 Å². The average molecular weight is 476 g/mol. The number of benzene rings is 2. The average Bonchev–Trinajstić information content (AvgIpc) is 2.85. The molecule has 1 amide bonds. The normalized spacial score (nSPS) is 14.5. The van der Waals surface area contributed by atoms with Gasteiger partial charge in [-0.05, 0) is 63.2 Å². The van der Waals surface area contributed by atoms with E-state index in [1.54, 1.807) is 30.3 Å². The third-order valence-electron chi connectivity index (χ3n) is 5.70. The molecule has 1 aliphatic rings. The molecule has 9 heteroatoms. The molecule has 2 aromatic rings. The number of nitrogens with one attached hydrogen (secondary N) is 1. The molecule has 1 aliphatic heterocycles. The highest BCUT2D eigenvalue weighted by atomic mass is 32.2. The highest BCUT2D eigenvalue weighted by Gasteiger charge is 2.28. The van der Waals surface area contributed by atoms with E-state index in [4.69, 9.17) is 9.47 Å². The Morgan fingerprint density at radius 1 is 1.00 bits per heavy atom. The van der Waals surface area contributed by atoms with E-state index in [2.05, 4.69) is 10.2 Å². The molecule has 1 saturated heterocycles. The van der Waals surface area contributed by atoms with Gasteiger partial charge >= 0.3 is 0 Å². The van der Waals surface area contributed by atoms with E-state index < -0.39 is 10.0 Å². The van der Waals surface area contributed by atoms with Gasteiger partial charge in [0.15, 0.2) is 11.5 Å². The quantitative estimate of drug-likeness (QED) is 0.503. The van der Waals surface area contributed by atoms with Gasteiger partial charge < -0.3 is 19.7 Å². The molecule has 33 heavy (non-hydrogen) atoms. The number of hydrogen-bond acceptors (Lipinski definition) is 6. The van der Waals surface area contributed by atoms with Crippen LogP contribution in [0, 0.1) is 0 Å². The summed E-state index contributed by atoms with van der Waals surface area (Å²) < 4.78 is 38.6. The van der Waals surface area contributed by atoms with Gasteiger partial charge in [-0.3, -0.25) is 9.10 Å². The fourth-order valence-corrected chi connectivity index (χ4v) is 5.35. The fourth-order valence-electron chi connectivity index (χ4n) is 3.91. The van der Waals surface area contributed by atoms with Gasteiger partial charge in [0.1, 0.15) is 6.54 Å². The first-order chi connectivity index (χ1) is 16.0. The van der Waals surface area contributed by atoms with Crippen LogP contribution in [-0.2, 0) is 14.8 Å². The third kappa shape index (κ3) is 6.61. The van der Waals surface area contributed by atoms with Crippen LogP contribution in [0.5, 0.6) is 11.5 Å². The minimum Gasteiger partial charge on any atom is -0.493 e. The van der Waals surface area contributed by atoms with Gasteiger partial charge in [0.25, 0.3) is 10.0 Å². The Kier molecular flexibility index (Phi) is 8.96. The monoisotopic (exact) mass is 475 g/mol. The summed E-state index contributed by atoms with van der Waals surface area (Å²) in [7, 11) is -1.10. The predicted molar refractivity (Wildman–Crippen MR) is 128 cm³/mol. The van der Waals surface area contributed by atoms with Crippen LogP contribution >= 0.6 is 0 Å². The summed E-state index contributed by atoms with van der Waals surface area (Å²) in [5.41, 5.74) is 0.413. The Balaban J connectivity index is 1.71. The summed E-state index contributed by atoms with van der Waals surface area (Å²) in [5.74, 6) is 0.379. The molecule has 3 rings (SSSR count). The zero-order valence-corrected chi connectivity index (χ0v) is 20.1. The second kappa shape index (κ2) is 11.9. The van der Waals surface area contributed by atoms with E-state index in [0.717, 1.165) is 30.4 Å². The molecule has 0 unspecified atom stereocenters. The van der Waals surface area contributed by atoms with Crippen molar-refractivity contribution in [3.05, 3.63) is 48.5 Å². The summed E-state index contributed by atoms with van der Waals surface area (Å²) in [6.45, 7) is 3.35. The first kappa shape index (κ1) is 24.9. The van der Waals surface area contributed by atoms with Crippen molar-refractivity contribution in [2.45, 2.75) is 30.6 Å². The number of para-hydroxylation sites is 1. The number of carbonyl (C=O) groups excluding carboxylic acids is 1. The Hall–Kier alpha value is -2.78. The number of carbonyl (C=O) groups is 1. The Morgan fingerprint density at radius 3 is 2.36 bits per heavy atom. The van der Waals surface area contributed by atoms with Crippen LogP contribution in [0.4, 0.5) is 5.69 Å². The van der Waals surface area contributed by atoms with Gasteiger partial charge in [-0.15, -0.1) is 0 Å². The molecule has 0 atom stereocenters. The summed E-state index contributed by atoms with van der Waals surface area (Å²) >= 11 is 0. The largest absolute Gasteiger partial charge is 0.493 e. The molecule has 0 aliphatic carbocycles. The smallest absolute Gasteiger partial charge is 0.264 e. The first-order valence-corrected chi connectivity index (χ1v) is 12.7. The molecular formula is C24H33N3O5S. The highest BCUT2D eigenvalue weighted by Crippen LogP contribution is 2.32. The number of methoxy groups -OCH3 is 2. The molecule has 1 fully saturated rings. The summed E-state index contributed by atoms with van der Waals surface area (Å²) in [5, 5.41) is 2.87. The molecule has 0 bridgehead atoms. The highest BCUT2D eigenvalue weighted by molar-refractivity contribution is 7.92. The molecule has 1 N–H and O–H groups in total. The minimum absolute atomic E-state index is 0.0156. The van der Waals surface area contributed by atoms with Crippen LogP contribution in [0.1, 0.15) is 25.7 Å². The van der Waals surface area contributed by atoms with Crippen molar-refractivity contribution in [2.75, 3.05) is 51.2 Å². The molecule has 2 aromatic carbocycles. The minimum atomic E-state index is -4.03. The van der Waals surface area contributed by atoms with E-state index in [1.165, 1.54) is 51.7 Å². The van der Waals surface area contributed by atoms with Gasteiger partial charge in [0, 0.05) is 12.6 Å². The molecule has 0 saturated carbocycles. The van der Waals surface area contributed by atoms with Crippen LogP contribution in [0.3, 0.4) is 0 Å². The van der Waals surface area contributed by atoms with Gasteiger partial charge in [0.2, 0.25) is 5.91 Å². The van der Waals surface area contributed by atoms with Crippen LogP contribution in [0.15, 0.2) is 53.4 Å². The van der Waals surface area contributed by atoms with Crippen LogP contribution in [-0.4, -0.2) is 66.2 Å². The van der Waals surface area contributed by atoms with E-state index in [0.29, 0.717) is 23.7 Å². The van der Waals surface area contributed by atoms with Crippen molar-refractivity contribution in [3.8, 4) is 11.5 Å². The molecule has 1 heterocycles. The molecule has 8 nitrogen and oxygen atoms in total. The topological polar surface area (TPSA) is 88.2 Å². The molecule has 0 radical (unpaired) electrons. The number of nitrogens with zero attached hydrogens (tertiary/aromatic N) is 2. The summed E-state index contributed by atoms with van der Waals surface area (Å²) in [4.78, 5) is 15.1. The number of piperidine rings is 1. The van der Waals surface area contributed by atoms with Gasteiger partial charge in [-0.25, -0.2) is 8.42 Å². The van der Waals surface area contributed by atoms with Crippen LogP contribution < -0.4 is 19.1 Å². The molecule has 0 spiro atoms. The Morgan fingerprint density at radius 2 is 1.70 bits per heavy atom. The zero-order valence-electron chi connectivity index (χ0n) is 19.3. The lowest BCUT2D eigenvalue weighted by Gasteiger charge is -2.26. The van der Waals surface area contributed by atoms with Crippen molar-refractivity contribution in [1.82, 2.24) is 10.2 Å². The molecule has 0 aromatic heterocycles. The molecule has 180 valence electrons. The number of sulfonamides is 1. The van der Waals surface area contributed by atoms with Gasteiger partial charge in [-0.2, -0.15) is 0 Å². The van der Waals surface area contributed by atoms with Crippen molar-refractivity contribution in [3.63, 3.8) is 0 Å². The number of rotatable bonds is 11. The van der Waals surface area contributed by atoms with Gasteiger partial charge in [0.05, 0.1) is 24.8 Å². The third-order valence-corrected chi connectivity index (χ3v) is 7.47. The SMILES string of the molecule is COc1ccc(S(=O)(=O)N(CC(=O)NCCCN2CCCCC2)c2ccccc2)cc1OC. The maximum Gasteiger partial charge on any atom is 0.264 e. The second-order valence-electron chi connectivity index (χ2n) is 7.97. The van der Waals surface area contributed by atoms with E-state index in [1.807, 2.05) is 0 Å². The number of likely N-dealkylation sites (tertiary alicyclic amines) is 1. The van der Waals surface area contributed by atoms with Crippen molar-refractivity contribution in [1.29, 1.82) is 0 Å².